The molecular weight excluding hydrogens is 266 g/mol. The number of rotatable bonds is 5. The molecule has 1 N–H and O–H groups in total. The molecule has 0 aliphatic rings. The van der Waals surface area contributed by atoms with E-state index in [-0.39, 0.29) is 0 Å². The number of benzene rings is 1. The van der Waals surface area contributed by atoms with Crippen LogP contribution in [0.5, 0.6) is 5.75 Å². The van der Waals surface area contributed by atoms with Crippen molar-refractivity contribution in [1.82, 2.24) is 5.32 Å². The number of halogens is 1. The molecule has 0 amide bonds. The summed E-state index contributed by atoms with van der Waals surface area (Å²) in [7, 11) is 3.65. The van der Waals surface area contributed by atoms with Crippen LogP contribution in [0.25, 0.3) is 6.08 Å². The minimum Gasteiger partial charge on any atom is -0.497 e. The highest BCUT2D eigenvalue weighted by atomic mass is 79.9. The molecule has 0 atom stereocenters. The summed E-state index contributed by atoms with van der Waals surface area (Å²) in [6.45, 7) is 3.08. The highest BCUT2D eigenvalue weighted by Crippen LogP contribution is 2.25. The predicted octanol–water partition coefficient (Wildman–Crippen LogP) is 3.47. The van der Waals surface area contributed by atoms with Gasteiger partial charge in [-0.15, -0.1) is 0 Å². The number of likely N-dealkylation sites (N-methyl/N-ethyl adjacent to an activating group) is 1. The molecule has 88 valence electrons. The van der Waals surface area contributed by atoms with Crippen LogP contribution in [0.4, 0.5) is 0 Å². The average molecular weight is 284 g/mol. The third-order valence-electron chi connectivity index (χ3n) is 2.42. The maximum atomic E-state index is 5.22. The molecule has 0 aromatic heterocycles. The zero-order chi connectivity index (χ0) is 12.0. The Labute approximate surface area is 106 Å². The van der Waals surface area contributed by atoms with Gasteiger partial charge in [-0.1, -0.05) is 34.5 Å². The van der Waals surface area contributed by atoms with Crippen molar-refractivity contribution >= 4 is 22.0 Å². The molecule has 1 rings (SSSR count). The molecule has 0 saturated carbocycles. The van der Waals surface area contributed by atoms with Crippen molar-refractivity contribution in [2.45, 2.75) is 13.3 Å². The van der Waals surface area contributed by atoms with Gasteiger partial charge in [-0.05, 0) is 37.2 Å². The van der Waals surface area contributed by atoms with Crippen molar-refractivity contribution in [3.05, 3.63) is 33.8 Å². The second-order valence-corrected chi connectivity index (χ2v) is 4.43. The second-order valence-electron chi connectivity index (χ2n) is 3.57. The second kappa shape index (κ2) is 6.71. The van der Waals surface area contributed by atoms with Crippen LogP contribution in [0.1, 0.15) is 18.9 Å². The Balaban J connectivity index is 3.01. The van der Waals surface area contributed by atoms with E-state index in [0.29, 0.717) is 0 Å². The monoisotopic (exact) mass is 283 g/mol. The molecule has 1 aromatic rings. The van der Waals surface area contributed by atoms with E-state index in [0.717, 1.165) is 28.8 Å². The Morgan fingerprint density at radius 2 is 2.25 bits per heavy atom. The molecule has 0 fully saturated rings. The molecule has 16 heavy (non-hydrogen) atoms. The maximum absolute atomic E-state index is 5.22. The quantitative estimate of drug-likeness (QED) is 0.894. The Morgan fingerprint density at radius 3 is 2.81 bits per heavy atom. The number of ether oxygens (including phenoxy) is 1. The summed E-state index contributed by atoms with van der Waals surface area (Å²) in [4.78, 5) is 0. The maximum Gasteiger partial charge on any atom is 0.119 e. The lowest BCUT2D eigenvalue weighted by Crippen LogP contribution is -2.09. The summed E-state index contributed by atoms with van der Waals surface area (Å²) in [6.07, 6.45) is 3.24. The average Bonchev–Trinajstić information content (AvgIpc) is 2.31. The fourth-order valence-electron chi connectivity index (χ4n) is 1.48. The zero-order valence-electron chi connectivity index (χ0n) is 10.0. The lowest BCUT2D eigenvalue weighted by atomic mass is 10.1. The predicted molar refractivity (Wildman–Crippen MR) is 72.9 cm³/mol. The molecule has 0 aliphatic carbocycles. The van der Waals surface area contributed by atoms with Gasteiger partial charge in [-0.2, -0.15) is 0 Å². The minimum absolute atomic E-state index is 0.884. The Bertz CT molecular complexity index is 374. The van der Waals surface area contributed by atoms with E-state index < -0.39 is 0 Å². The van der Waals surface area contributed by atoms with Crippen LogP contribution in [0, 0.1) is 0 Å². The Kier molecular flexibility index (Phi) is 5.56. The Hall–Kier alpha value is -0.800. The highest BCUT2D eigenvalue weighted by molar-refractivity contribution is 9.10. The van der Waals surface area contributed by atoms with Gasteiger partial charge in [0.25, 0.3) is 0 Å². The van der Waals surface area contributed by atoms with Gasteiger partial charge in [0, 0.05) is 11.0 Å². The van der Waals surface area contributed by atoms with Gasteiger partial charge in [-0.3, -0.25) is 0 Å². The highest BCUT2D eigenvalue weighted by Gasteiger charge is 2.01. The first kappa shape index (κ1) is 13.3. The molecule has 2 nitrogen and oxygen atoms in total. The van der Waals surface area contributed by atoms with Crippen molar-refractivity contribution in [2.24, 2.45) is 0 Å². The fourth-order valence-corrected chi connectivity index (χ4v) is 1.85. The number of nitrogens with one attached hydrogen (secondary N) is 1. The van der Waals surface area contributed by atoms with Crippen LogP contribution >= 0.6 is 15.9 Å². The molecule has 1 aromatic carbocycles. The summed E-state index contributed by atoms with van der Waals surface area (Å²) in [5.41, 5.74) is 2.53. The number of hydrogen-bond donors (Lipinski definition) is 1. The van der Waals surface area contributed by atoms with Crippen molar-refractivity contribution < 1.29 is 4.74 Å². The SMILES string of the molecule is CC/C(=C/c1cc(OC)ccc1Br)CNC. The molecule has 0 spiro atoms. The smallest absolute Gasteiger partial charge is 0.119 e. The molecule has 0 heterocycles. The first-order chi connectivity index (χ1) is 7.71. The van der Waals surface area contributed by atoms with Crippen LogP contribution in [0.3, 0.4) is 0 Å². The van der Waals surface area contributed by atoms with Gasteiger partial charge in [-0.25, -0.2) is 0 Å². The lowest BCUT2D eigenvalue weighted by molar-refractivity contribution is 0.414. The first-order valence-electron chi connectivity index (χ1n) is 5.38. The van der Waals surface area contributed by atoms with Crippen LogP contribution in [0.2, 0.25) is 0 Å². The first-order valence-corrected chi connectivity index (χ1v) is 6.18. The van der Waals surface area contributed by atoms with Gasteiger partial charge in [0.2, 0.25) is 0 Å². The molecule has 0 unspecified atom stereocenters. The fraction of sp³-hybridized carbons (Fsp3) is 0.385. The largest absolute Gasteiger partial charge is 0.497 e. The molecular formula is C13H18BrNO. The number of hydrogen-bond acceptors (Lipinski definition) is 2. The van der Waals surface area contributed by atoms with Crippen molar-refractivity contribution in [2.75, 3.05) is 20.7 Å². The van der Waals surface area contributed by atoms with Crippen molar-refractivity contribution in [1.29, 1.82) is 0 Å². The normalized spacial score (nSPS) is 11.6. The van der Waals surface area contributed by atoms with E-state index in [2.05, 4.69) is 34.2 Å². The standard InChI is InChI=1S/C13H18BrNO/c1-4-10(9-15-2)7-11-8-12(16-3)5-6-13(11)14/h5-8,15H,4,9H2,1-3H3/b10-7-. The van der Waals surface area contributed by atoms with E-state index in [4.69, 9.17) is 4.74 Å². The van der Waals surface area contributed by atoms with Gasteiger partial charge >= 0.3 is 0 Å². The van der Waals surface area contributed by atoms with Gasteiger partial charge in [0.1, 0.15) is 5.75 Å². The van der Waals surface area contributed by atoms with Crippen molar-refractivity contribution in [3.63, 3.8) is 0 Å². The van der Waals surface area contributed by atoms with E-state index in [1.54, 1.807) is 7.11 Å². The third-order valence-corrected chi connectivity index (χ3v) is 3.14. The lowest BCUT2D eigenvalue weighted by Gasteiger charge is -2.07. The minimum atomic E-state index is 0.884. The van der Waals surface area contributed by atoms with E-state index in [1.807, 2.05) is 25.2 Å². The van der Waals surface area contributed by atoms with E-state index in [1.165, 1.54) is 5.57 Å². The van der Waals surface area contributed by atoms with E-state index >= 15 is 0 Å². The van der Waals surface area contributed by atoms with Crippen LogP contribution < -0.4 is 10.1 Å². The summed E-state index contributed by atoms with van der Waals surface area (Å²) < 4.78 is 6.31. The number of methoxy groups -OCH3 is 1. The van der Waals surface area contributed by atoms with Gasteiger partial charge in [0.15, 0.2) is 0 Å². The van der Waals surface area contributed by atoms with Gasteiger partial charge in [0.05, 0.1) is 7.11 Å². The summed E-state index contributed by atoms with van der Waals surface area (Å²) in [5.74, 6) is 0.884. The third kappa shape index (κ3) is 3.65. The molecule has 0 bridgehead atoms. The van der Waals surface area contributed by atoms with Crippen molar-refractivity contribution in [3.8, 4) is 5.75 Å². The topological polar surface area (TPSA) is 21.3 Å². The summed E-state index contributed by atoms with van der Waals surface area (Å²) in [5, 5.41) is 3.17. The summed E-state index contributed by atoms with van der Waals surface area (Å²) >= 11 is 3.55. The summed E-state index contributed by atoms with van der Waals surface area (Å²) in [6, 6.07) is 6.00. The van der Waals surface area contributed by atoms with E-state index in [9.17, 15) is 0 Å². The molecule has 0 aliphatic heterocycles. The molecule has 0 saturated heterocycles. The zero-order valence-corrected chi connectivity index (χ0v) is 11.6. The molecule has 3 heteroatoms. The molecule has 0 radical (unpaired) electrons. The van der Waals surface area contributed by atoms with Crippen LogP contribution in [-0.4, -0.2) is 20.7 Å². The van der Waals surface area contributed by atoms with Gasteiger partial charge < -0.3 is 10.1 Å². The van der Waals surface area contributed by atoms with Crippen LogP contribution in [0.15, 0.2) is 28.2 Å². The Morgan fingerprint density at radius 1 is 1.50 bits per heavy atom. The van der Waals surface area contributed by atoms with Crippen LogP contribution in [-0.2, 0) is 0 Å².